The molecule has 0 radical (unpaired) electrons. The predicted molar refractivity (Wildman–Crippen MR) is 58.1 cm³/mol. The van der Waals surface area contributed by atoms with Crippen LogP contribution in [0.3, 0.4) is 0 Å². The van der Waals surface area contributed by atoms with E-state index >= 15 is 0 Å². The highest BCUT2D eigenvalue weighted by Crippen LogP contribution is 2.16. The molecule has 1 N–H and O–H groups in total. The molecule has 1 aromatic carbocycles. The van der Waals surface area contributed by atoms with Gasteiger partial charge in [0.15, 0.2) is 0 Å². The molecule has 1 heterocycles. The zero-order chi connectivity index (χ0) is 10.1. The molecule has 2 rings (SSSR count). The molecule has 0 saturated heterocycles. The first-order chi connectivity index (χ1) is 6.65. The minimum atomic E-state index is -0.251. The van der Waals surface area contributed by atoms with Gasteiger partial charge in [-0.25, -0.2) is 4.39 Å². The van der Waals surface area contributed by atoms with Gasteiger partial charge in [-0.1, -0.05) is 15.9 Å². The van der Waals surface area contributed by atoms with E-state index in [0.29, 0.717) is 6.04 Å². The van der Waals surface area contributed by atoms with E-state index in [4.69, 9.17) is 0 Å². The van der Waals surface area contributed by atoms with Crippen LogP contribution in [0.1, 0.15) is 12.5 Å². The fourth-order valence-electron chi connectivity index (χ4n) is 1.42. The van der Waals surface area contributed by atoms with Crippen molar-refractivity contribution in [1.29, 1.82) is 0 Å². The van der Waals surface area contributed by atoms with Crippen LogP contribution in [0.5, 0.6) is 0 Å². The maximum absolute atomic E-state index is 13.1. The summed E-state index contributed by atoms with van der Waals surface area (Å²) in [5.41, 5.74) is 0.793. The van der Waals surface area contributed by atoms with Gasteiger partial charge in [0, 0.05) is 16.1 Å². The zero-order valence-corrected chi connectivity index (χ0v) is 9.31. The largest absolute Gasteiger partial charge is 0.366 e. The van der Waals surface area contributed by atoms with Gasteiger partial charge in [0.2, 0.25) is 0 Å². The van der Waals surface area contributed by atoms with Crippen molar-refractivity contribution in [2.75, 3.05) is 6.54 Å². The maximum Gasteiger partial charge on any atom is 0.128 e. The molecule has 1 aliphatic rings. The van der Waals surface area contributed by atoms with Crippen molar-refractivity contribution >= 4 is 21.8 Å². The summed E-state index contributed by atoms with van der Waals surface area (Å²) in [4.78, 5) is 4.29. The summed E-state index contributed by atoms with van der Waals surface area (Å²) in [5, 5.41) is 3.19. The molecule has 0 bridgehead atoms. The third-order valence-electron chi connectivity index (χ3n) is 2.04. The van der Waals surface area contributed by atoms with Gasteiger partial charge in [0.25, 0.3) is 0 Å². The molecule has 74 valence electrons. The second-order valence-electron chi connectivity index (χ2n) is 3.39. The minimum Gasteiger partial charge on any atom is -0.366 e. The maximum atomic E-state index is 13.1. The minimum absolute atomic E-state index is 0.251. The molecule has 1 aliphatic heterocycles. The van der Waals surface area contributed by atoms with E-state index in [-0.39, 0.29) is 5.82 Å². The lowest BCUT2D eigenvalue weighted by atomic mass is 10.2. The second-order valence-corrected chi connectivity index (χ2v) is 4.31. The number of nitrogens with zero attached hydrogens (tertiary/aromatic N) is 1. The Kier molecular flexibility index (Phi) is 2.54. The Balaban J connectivity index is 2.33. The van der Waals surface area contributed by atoms with Crippen LogP contribution < -0.4 is 5.32 Å². The van der Waals surface area contributed by atoms with E-state index in [1.54, 1.807) is 0 Å². The zero-order valence-electron chi connectivity index (χ0n) is 7.72. The number of hydrogen-bond donors (Lipinski definition) is 1. The molecular weight excluding hydrogens is 247 g/mol. The van der Waals surface area contributed by atoms with E-state index in [1.165, 1.54) is 12.1 Å². The van der Waals surface area contributed by atoms with Gasteiger partial charge >= 0.3 is 0 Å². The highest BCUT2D eigenvalue weighted by atomic mass is 79.9. The van der Waals surface area contributed by atoms with Crippen LogP contribution in [-0.4, -0.2) is 18.4 Å². The van der Waals surface area contributed by atoms with Crippen LogP contribution in [0.2, 0.25) is 0 Å². The highest BCUT2D eigenvalue weighted by molar-refractivity contribution is 9.10. The van der Waals surface area contributed by atoms with Crippen molar-refractivity contribution in [3.8, 4) is 0 Å². The third kappa shape index (κ3) is 1.95. The lowest BCUT2D eigenvalue weighted by molar-refractivity contribution is 0.626. The summed E-state index contributed by atoms with van der Waals surface area (Å²) in [5.74, 6) is 0.524. The van der Waals surface area contributed by atoms with E-state index < -0.39 is 0 Å². The number of amidine groups is 1. The average Bonchev–Trinajstić information content (AvgIpc) is 2.50. The summed E-state index contributed by atoms with van der Waals surface area (Å²) < 4.78 is 13.8. The molecular formula is C10H10BrFN2. The topological polar surface area (TPSA) is 24.4 Å². The molecule has 2 nitrogen and oxygen atoms in total. The molecule has 1 aromatic rings. The molecule has 0 spiro atoms. The molecule has 14 heavy (non-hydrogen) atoms. The van der Waals surface area contributed by atoms with Crippen LogP contribution in [-0.2, 0) is 0 Å². The highest BCUT2D eigenvalue weighted by Gasteiger charge is 2.14. The van der Waals surface area contributed by atoms with Gasteiger partial charge in [-0.2, -0.15) is 0 Å². The van der Waals surface area contributed by atoms with Gasteiger partial charge in [-0.15, -0.1) is 0 Å². The third-order valence-corrected chi connectivity index (χ3v) is 2.50. The Hall–Kier alpha value is -0.900. The quantitative estimate of drug-likeness (QED) is 0.820. The summed E-state index contributed by atoms with van der Waals surface area (Å²) in [6, 6.07) is 5.11. The predicted octanol–water partition coefficient (Wildman–Crippen LogP) is 2.33. The lowest BCUT2D eigenvalue weighted by Gasteiger charge is -2.06. The van der Waals surface area contributed by atoms with Gasteiger partial charge in [-0.05, 0) is 25.1 Å². The smallest absolute Gasteiger partial charge is 0.128 e. The molecule has 0 saturated carbocycles. The van der Waals surface area contributed by atoms with Crippen LogP contribution in [0, 0.1) is 5.82 Å². The number of halogens is 2. The van der Waals surface area contributed by atoms with Crippen LogP contribution >= 0.6 is 15.9 Å². The summed E-state index contributed by atoms with van der Waals surface area (Å²) in [7, 11) is 0. The van der Waals surface area contributed by atoms with Gasteiger partial charge < -0.3 is 5.32 Å². The average molecular weight is 257 g/mol. The summed E-state index contributed by atoms with van der Waals surface area (Å²) in [6.45, 7) is 2.80. The molecule has 0 aromatic heterocycles. The first-order valence-corrected chi connectivity index (χ1v) is 5.22. The molecule has 1 unspecified atom stereocenters. The Morgan fingerprint density at radius 3 is 2.86 bits per heavy atom. The normalized spacial score (nSPS) is 20.5. The van der Waals surface area contributed by atoms with E-state index in [2.05, 4.69) is 26.2 Å². The van der Waals surface area contributed by atoms with Crippen molar-refractivity contribution in [2.24, 2.45) is 4.99 Å². The van der Waals surface area contributed by atoms with Crippen LogP contribution in [0.25, 0.3) is 0 Å². The van der Waals surface area contributed by atoms with Gasteiger partial charge in [0.1, 0.15) is 11.7 Å². The first-order valence-electron chi connectivity index (χ1n) is 4.42. The Morgan fingerprint density at radius 2 is 2.29 bits per heavy atom. The number of hydrogen-bond acceptors (Lipinski definition) is 2. The standard InChI is InChI=1S/C10H10BrFN2/c1-6-5-13-10(14-6)7-2-8(11)4-9(12)3-7/h2-4,6H,5H2,1H3,(H,13,14). The van der Waals surface area contributed by atoms with Crippen molar-refractivity contribution in [2.45, 2.75) is 13.0 Å². The van der Waals surface area contributed by atoms with Gasteiger partial charge in [0.05, 0.1) is 6.54 Å². The SMILES string of the molecule is CC1CN=C(c2cc(F)cc(Br)c2)N1. The molecule has 0 fully saturated rings. The van der Waals surface area contributed by atoms with E-state index in [1.807, 2.05) is 13.0 Å². The van der Waals surface area contributed by atoms with Crippen molar-refractivity contribution in [3.05, 3.63) is 34.1 Å². The van der Waals surface area contributed by atoms with Crippen LogP contribution in [0.4, 0.5) is 4.39 Å². The number of rotatable bonds is 1. The monoisotopic (exact) mass is 256 g/mol. The second kappa shape index (κ2) is 3.69. The number of aliphatic imine (C=N–C) groups is 1. The Morgan fingerprint density at radius 1 is 1.50 bits per heavy atom. The fraction of sp³-hybridized carbons (Fsp3) is 0.300. The first kappa shape index (κ1) is 9.65. The fourth-order valence-corrected chi connectivity index (χ4v) is 1.88. The van der Waals surface area contributed by atoms with E-state index in [9.17, 15) is 4.39 Å². The molecule has 1 atom stereocenters. The molecule has 4 heteroatoms. The summed E-state index contributed by atoms with van der Waals surface area (Å²) >= 11 is 3.25. The number of nitrogens with one attached hydrogen (secondary N) is 1. The van der Waals surface area contributed by atoms with Gasteiger partial charge in [-0.3, -0.25) is 4.99 Å². The van der Waals surface area contributed by atoms with Crippen molar-refractivity contribution < 1.29 is 4.39 Å². The summed E-state index contributed by atoms with van der Waals surface area (Å²) in [6.07, 6.45) is 0. The Bertz CT molecular complexity index is 369. The molecule has 0 amide bonds. The van der Waals surface area contributed by atoms with Crippen molar-refractivity contribution in [1.82, 2.24) is 5.32 Å². The van der Waals surface area contributed by atoms with E-state index in [0.717, 1.165) is 22.4 Å². The Labute approximate surface area is 90.4 Å². The van der Waals surface area contributed by atoms with Crippen LogP contribution in [0.15, 0.2) is 27.7 Å². The van der Waals surface area contributed by atoms with Crippen molar-refractivity contribution in [3.63, 3.8) is 0 Å². The number of benzene rings is 1. The lowest BCUT2D eigenvalue weighted by Crippen LogP contribution is -2.27. The molecule has 0 aliphatic carbocycles.